The highest BCUT2D eigenvalue weighted by atomic mass is 16.5. The molecule has 1 aromatic carbocycles. The fourth-order valence-electron chi connectivity index (χ4n) is 3.24. The molecule has 1 fully saturated rings. The van der Waals surface area contributed by atoms with Crippen molar-refractivity contribution in [3.8, 4) is 0 Å². The molecule has 1 saturated heterocycles. The number of carbonyl (C=O) groups is 1. The number of hydrogen-bond acceptors (Lipinski definition) is 5. The highest BCUT2D eigenvalue weighted by Gasteiger charge is 2.22. The third-order valence-electron chi connectivity index (χ3n) is 4.54. The fourth-order valence-corrected chi connectivity index (χ4v) is 3.24. The summed E-state index contributed by atoms with van der Waals surface area (Å²) in [6, 6.07) is 8.27. The molecule has 0 radical (unpaired) electrons. The number of rotatable bonds is 4. The lowest BCUT2D eigenvalue weighted by molar-refractivity contribution is 0.0857. The molecule has 1 amide bonds. The van der Waals surface area contributed by atoms with E-state index in [0.717, 1.165) is 38.1 Å². The van der Waals surface area contributed by atoms with E-state index in [1.165, 1.54) is 5.56 Å². The molecule has 2 aliphatic heterocycles. The van der Waals surface area contributed by atoms with Gasteiger partial charge in [0.1, 0.15) is 0 Å². The summed E-state index contributed by atoms with van der Waals surface area (Å²) in [5.41, 5.74) is 2.93. The Morgan fingerprint density at radius 2 is 2.12 bits per heavy atom. The number of benzene rings is 1. The Labute approximate surface area is 140 Å². The van der Waals surface area contributed by atoms with Crippen LogP contribution >= 0.6 is 0 Å². The molecule has 1 unspecified atom stereocenters. The first kappa shape index (κ1) is 15.1. The maximum Gasteiger partial charge on any atom is 0.254 e. The van der Waals surface area contributed by atoms with Crippen molar-refractivity contribution in [3.63, 3.8) is 0 Å². The zero-order chi connectivity index (χ0) is 16.4. The van der Waals surface area contributed by atoms with Gasteiger partial charge in [0.05, 0.1) is 11.7 Å². The Morgan fingerprint density at radius 1 is 1.29 bits per heavy atom. The fraction of sp³-hybridized carbons (Fsp3) is 0.389. The molecule has 0 saturated carbocycles. The molecule has 2 aromatic rings. The van der Waals surface area contributed by atoms with Crippen LogP contribution in [-0.2, 0) is 11.2 Å². The number of hydrogen-bond donors (Lipinski definition) is 1. The Morgan fingerprint density at radius 3 is 2.92 bits per heavy atom. The predicted molar refractivity (Wildman–Crippen MR) is 90.5 cm³/mol. The van der Waals surface area contributed by atoms with Gasteiger partial charge >= 0.3 is 0 Å². The van der Waals surface area contributed by atoms with Crippen LogP contribution in [0.4, 0.5) is 11.6 Å². The van der Waals surface area contributed by atoms with E-state index in [9.17, 15) is 4.79 Å². The number of ether oxygens (including phenoxy) is 1. The molecular formula is C18H20N4O2. The molecule has 4 rings (SSSR count). The largest absolute Gasteiger partial charge is 0.376 e. The van der Waals surface area contributed by atoms with Gasteiger partial charge < -0.3 is 15.0 Å². The lowest BCUT2D eigenvalue weighted by Crippen LogP contribution is -2.32. The average molecular weight is 324 g/mol. The van der Waals surface area contributed by atoms with E-state index in [0.29, 0.717) is 18.1 Å². The van der Waals surface area contributed by atoms with Crippen molar-refractivity contribution in [2.24, 2.45) is 0 Å². The SMILES string of the molecule is O=C(NCC1CCCO1)c1cnc(N2CCc3ccccc32)nc1. The van der Waals surface area contributed by atoms with Gasteiger partial charge in [0.25, 0.3) is 5.91 Å². The summed E-state index contributed by atoms with van der Waals surface area (Å²) >= 11 is 0. The van der Waals surface area contributed by atoms with Gasteiger partial charge in [-0.05, 0) is 30.9 Å². The number of aromatic nitrogens is 2. The Bertz CT molecular complexity index is 726. The summed E-state index contributed by atoms with van der Waals surface area (Å²) in [4.78, 5) is 23.0. The maximum atomic E-state index is 12.2. The molecular weight excluding hydrogens is 304 g/mol. The van der Waals surface area contributed by atoms with E-state index in [1.807, 2.05) is 12.1 Å². The summed E-state index contributed by atoms with van der Waals surface area (Å²) in [6.45, 7) is 2.19. The van der Waals surface area contributed by atoms with Gasteiger partial charge in [-0.25, -0.2) is 9.97 Å². The van der Waals surface area contributed by atoms with Gasteiger partial charge in [0.15, 0.2) is 0 Å². The van der Waals surface area contributed by atoms with E-state index in [-0.39, 0.29) is 12.0 Å². The highest BCUT2D eigenvalue weighted by molar-refractivity contribution is 5.93. The molecule has 24 heavy (non-hydrogen) atoms. The van der Waals surface area contributed by atoms with Crippen LogP contribution in [0, 0.1) is 0 Å². The Balaban J connectivity index is 1.42. The molecule has 124 valence electrons. The van der Waals surface area contributed by atoms with Gasteiger partial charge in [0.2, 0.25) is 5.95 Å². The number of para-hydroxylation sites is 1. The Hall–Kier alpha value is -2.47. The molecule has 0 spiro atoms. The number of anilines is 2. The molecule has 1 aromatic heterocycles. The minimum Gasteiger partial charge on any atom is -0.376 e. The van der Waals surface area contributed by atoms with Gasteiger partial charge in [-0.3, -0.25) is 4.79 Å². The van der Waals surface area contributed by atoms with E-state index in [2.05, 4.69) is 32.3 Å². The van der Waals surface area contributed by atoms with Gasteiger partial charge in [0, 0.05) is 37.8 Å². The molecule has 6 nitrogen and oxygen atoms in total. The van der Waals surface area contributed by atoms with E-state index >= 15 is 0 Å². The van der Waals surface area contributed by atoms with Gasteiger partial charge in [-0.2, -0.15) is 0 Å². The first-order valence-electron chi connectivity index (χ1n) is 8.38. The van der Waals surface area contributed by atoms with Crippen LogP contribution in [0.25, 0.3) is 0 Å². The van der Waals surface area contributed by atoms with Crippen LogP contribution in [-0.4, -0.2) is 41.7 Å². The number of amides is 1. The molecule has 0 aliphatic carbocycles. The third-order valence-corrected chi connectivity index (χ3v) is 4.54. The van der Waals surface area contributed by atoms with Crippen molar-refractivity contribution < 1.29 is 9.53 Å². The number of nitrogens with zero attached hydrogens (tertiary/aromatic N) is 3. The Kier molecular flexibility index (Phi) is 4.13. The highest BCUT2D eigenvalue weighted by Crippen LogP contribution is 2.31. The molecule has 0 bridgehead atoms. The van der Waals surface area contributed by atoms with Gasteiger partial charge in [-0.15, -0.1) is 0 Å². The third kappa shape index (κ3) is 2.97. The summed E-state index contributed by atoms with van der Waals surface area (Å²) in [5, 5.41) is 2.89. The van der Waals surface area contributed by atoms with E-state index in [1.54, 1.807) is 12.4 Å². The van der Waals surface area contributed by atoms with Crippen molar-refractivity contribution in [1.82, 2.24) is 15.3 Å². The topological polar surface area (TPSA) is 67.3 Å². The van der Waals surface area contributed by atoms with Gasteiger partial charge in [-0.1, -0.05) is 18.2 Å². The van der Waals surface area contributed by atoms with Crippen molar-refractivity contribution in [3.05, 3.63) is 47.8 Å². The minimum absolute atomic E-state index is 0.134. The van der Waals surface area contributed by atoms with Crippen LogP contribution < -0.4 is 10.2 Å². The number of nitrogens with one attached hydrogen (secondary N) is 1. The molecule has 6 heteroatoms. The first-order valence-corrected chi connectivity index (χ1v) is 8.38. The normalized spacial score (nSPS) is 19.3. The minimum atomic E-state index is -0.154. The van der Waals surface area contributed by atoms with Crippen LogP contribution in [0.1, 0.15) is 28.8 Å². The molecule has 1 atom stereocenters. The predicted octanol–water partition coefficient (Wildman–Crippen LogP) is 2.08. The van der Waals surface area contributed by atoms with Crippen molar-refractivity contribution in [2.45, 2.75) is 25.4 Å². The van der Waals surface area contributed by atoms with Crippen LogP contribution in [0.2, 0.25) is 0 Å². The molecule has 1 N–H and O–H groups in total. The van der Waals surface area contributed by atoms with Crippen LogP contribution in [0.15, 0.2) is 36.7 Å². The summed E-state index contributed by atoms with van der Waals surface area (Å²) in [6.07, 6.45) is 6.38. The summed E-state index contributed by atoms with van der Waals surface area (Å²) in [5.74, 6) is 0.481. The zero-order valence-electron chi connectivity index (χ0n) is 13.4. The maximum absolute atomic E-state index is 12.2. The van der Waals surface area contributed by atoms with E-state index < -0.39 is 0 Å². The summed E-state index contributed by atoms with van der Waals surface area (Å²) < 4.78 is 5.51. The number of fused-ring (bicyclic) bond motifs is 1. The average Bonchev–Trinajstić information content (AvgIpc) is 3.29. The van der Waals surface area contributed by atoms with Crippen LogP contribution in [0.3, 0.4) is 0 Å². The van der Waals surface area contributed by atoms with Crippen molar-refractivity contribution >= 4 is 17.5 Å². The lowest BCUT2D eigenvalue weighted by Gasteiger charge is -2.17. The lowest BCUT2D eigenvalue weighted by atomic mass is 10.2. The number of carbonyl (C=O) groups excluding carboxylic acids is 1. The molecule has 2 aliphatic rings. The van der Waals surface area contributed by atoms with Crippen LogP contribution in [0.5, 0.6) is 0 Å². The molecule has 3 heterocycles. The van der Waals surface area contributed by atoms with Crippen molar-refractivity contribution in [2.75, 3.05) is 24.6 Å². The second kappa shape index (κ2) is 6.57. The smallest absolute Gasteiger partial charge is 0.254 e. The van der Waals surface area contributed by atoms with Crippen molar-refractivity contribution in [1.29, 1.82) is 0 Å². The second-order valence-corrected chi connectivity index (χ2v) is 6.15. The monoisotopic (exact) mass is 324 g/mol. The van der Waals surface area contributed by atoms with E-state index in [4.69, 9.17) is 4.74 Å². The standard InChI is InChI=1S/C18H20N4O2/c23-17(19-12-15-5-3-9-24-15)14-10-20-18(21-11-14)22-8-7-13-4-1-2-6-16(13)22/h1-2,4,6,10-11,15H,3,5,7-9,12H2,(H,19,23). The first-order chi connectivity index (χ1) is 11.8. The zero-order valence-corrected chi connectivity index (χ0v) is 13.4. The summed E-state index contributed by atoms with van der Waals surface area (Å²) in [7, 11) is 0. The quantitative estimate of drug-likeness (QED) is 0.932. The second-order valence-electron chi connectivity index (χ2n) is 6.15.